The largest absolute Gasteiger partial charge is 0.352 e. The van der Waals surface area contributed by atoms with Crippen LogP contribution in [0.2, 0.25) is 0 Å². The van der Waals surface area contributed by atoms with Gasteiger partial charge in [0.25, 0.3) is 0 Å². The van der Waals surface area contributed by atoms with E-state index in [-0.39, 0.29) is 23.9 Å². The van der Waals surface area contributed by atoms with Crippen molar-refractivity contribution in [2.75, 3.05) is 17.1 Å². The first-order chi connectivity index (χ1) is 20.4. The monoisotopic (exact) mass is 611 g/mol. The molecule has 6 rings (SSSR count). The van der Waals surface area contributed by atoms with Crippen LogP contribution >= 0.6 is 0 Å². The van der Waals surface area contributed by atoms with Gasteiger partial charge in [-0.05, 0) is 117 Å². The minimum Gasteiger partial charge on any atom is -0.352 e. The van der Waals surface area contributed by atoms with Crippen LogP contribution in [0, 0.1) is 23.6 Å². The van der Waals surface area contributed by atoms with Crippen molar-refractivity contribution in [3.63, 3.8) is 0 Å². The quantitative estimate of drug-likeness (QED) is 0.330. The first-order valence-corrected chi connectivity index (χ1v) is 17.7. The van der Waals surface area contributed by atoms with Gasteiger partial charge in [0.15, 0.2) is 0 Å². The average molecular weight is 612 g/mol. The molecule has 4 aliphatic rings. The summed E-state index contributed by atoms with van der Waals surface area (Å²) in [7, 11) is -3.82. The molecule has 0 radical (unpaired) electrons. The van der Waals surface area contributed by atoms with Crippen LogP contribution in [0.3, 0.4) is 0 Å². The Morgan fingerprint density at radius 3 is 1.98 bits per heavy atom. The standard InChI is InChI=1S/C34H46FN3O4S/c1-5-23(3)36-33(40)31(6-2)37(21-24-7-11-29(35)12-8-24)32(39)22-38(43(4,41)42)30-13-9-28(10-14-30)34-18-25-15-26(19-34)17-27(16-25)20-34/h7-14,23,25-27,31H,5-6,15-22H2,1-4H3,(H,36,40)/t23-,25?,26?,27?,31+,34?/m0/s1. The summed E-state index contributed by atoms with van der Waals surface area (Å²) in [5.41, 5.74) is 2.54. The number of carbonyl (C=O) groups excluding carboxylic acids is 2. The molecule has 2 aromatic rings. The zero-order valence-corrected chi connectivity index (χ0v) is 26.7. The number of benzene rings is 2. The number of amides is 2. The Morgan fingerprint density at radius 2 is 1.49 bits per heavy atom. The van der Waals surface area contributed by atoms with E-state index in [1.807, 2.05) is 32.9 Å². The zero-order valence-electron chi connectivity index (χ0n) is 25.9. The third kappa shape index (κ3) is 6.92. The lowest BCUT2D eigenvalue weighted by molar-refractivity contribution is -0.140. The smallest absolute Gasteiger partial charge is 0.244 e. The summed E-state index contributed by atoms with van der Waals surface area (Å²) < 4.78 is 40.9. The Labute approximate surface area is 256 Å². The molecule has 0 unspecified atom stereocenters. The number of nitrogens with one attached hydrogen (secondary N) is 1. The van der Waals surface area contributed by atoms with Gasteiger partial charge in [-0.1, -0.05) is 38.1 Å². The summed E-state index contributed by atoms with van der Waals surface area (Å²) in [4.78, 5) is 28.7. The molecule has 7 nitrogen and oxygen atoms in total. The van der Waals surface area contributed by atoms with Gasteiger partial charge in [-0.3, -0.25) is 13.9 Å². The number of hydrogen-bond donors (Lipinski definition) is 1. The lowest BCUT2D eigenvalue weighted by Gasteiger charge is -2.57. The highest BCUT2D eigenvalue weighted by Crippen LogP contribution is 2.60. The summed E-state index contributed by atoms with van der Waals surface area (Å²) in [5, 5.41) is 2.96. The molecule has 1 N–H and O–H groups in total. The van der Waals surface area contributed by atoms with Crippen molar-refractivity contribution in [1.29, 1.82) is 0 Å². The van der Waals surface area contributed by atoms with E-state index in [4.69, 9.17) is 0 Å². The number of carbonyl (C=O) groups is 2. The van der Waals surface area contributed by atoms with E-state index < -0.39 is 34.3 Å². The fourth-order valence-electron chi connectivity index (χ4n) is 8.21. The third-order valence-electron chi connectivity index (χ3n) is 10.1. The van der Waals surface area contributed by atoms with Gasteiger partial charge in [-0.25, -0.2) is 12.8 Å². The van der Waals surface area contributed by atoms with E-state index in [0.717, 1.165) is 34.7 Å². The average Bonchev–Trinajstić information content (AvgIpc) is 2.95. The second kappa shape index (κ2) is 12.6. The summed E-state index contributed by atoms with van der Waals surface area (Å²) in [5.74, 6) is 1.21. The van der Waals surface area contributed by atoms with E-state index in [1.54, 1.807) is 12.1 Å². The third-order valence-corrected chi connectivity index (χ3v) is 11.3. The van der Waals surface area contributed by atoms with Crippen molar-refractivity contribution in [2.45, 2.75) is 96.2 Å². The van der Waals surface area contributed by atoms with Crippen molar-refractivity contribution < 1.29 is 22.4 Å². The van der Waals surface area contributed by atoms with E-state index in [0.29, 0.717) is 17.7 Å². The van der Waals surface area contributed by atoms with Crippen molar-refractivity contribution >= 4 is 27.5 Å². The van der Waals surface area contributed by atoms with E-state index in [9.17, 15) is 22.4 Å². The van der Waals surface area contributed by atoms with Crippen LogP contribution < -0.4 is 9.62 Å². The van der Waals surface area contributed by atoms with Crippen LogP contribution in [0.25, 0.3) is 0 Å². The number of halogens is 1. The van der Waals surface area contributed by atoms with Crippen LogP contribution in [0.5, 0.6) is 0 Å². The predicted octanol–water partition coefficient (Wildman–Crippen LogP) is 5.78. The fourth-order valence-corrected chi connectivity index (χ4v) is 9.06. The Kier molecular flexibility index (Phi) is 9.21. The van der Waals surface area contributed by atoms with Gasteiger partial charge in [-0.2, -0.15) is 0 Å². The second-order valence-electron chi connectivity index (χ2n) is 13.4. The molecule has 4 bridgehead atoms. The molecule has 0 spiro atoms. The molecular formula is C34H46FN3O4S. The molecule has 0 aromatic heterocycles. The Bertz CT molecular complexity index is 1370. The van der Waals surface area contributed by atoms with Gasteiger partial charge in [0.05, 0.1) is 11.9 Å². The molecular weight excluding hydrogens is 565 g/mol. The first kappa shape index (κ1) is 31.5. The second-order valence-corrected chi connectivity index (χ2v) is 15.3. The SMILES string of the molecule is CC[C@H](C(=O)N[C@@H](C)CC)N(Cc1ccc(F)cc1)C(=O)CN(c1ccc(C23CC4CC(CC(C4)C2)C3)cc1)S(C)(=O)=O. The molecule has 234 valence electrons. The lowest BCUT2D eigenvalue weighted by atomic mass is 9.48. The van der Waals surface area contributed by atoms with Crippen LogP contribution in [0.15, 0.2) is 48.5 Å². The molecule has 2 amide bonds. The van der Waals surface area contributed by atoms with E-state index in [1.165, 1.54) is 61.1 Å². The van der Waals surface area contributed by atoms with Gasteiger partial charge in [0.2, 0.25) is 21.8 Å². The number of anilines is 1. The zero-order chi connectivity index (χ0) is 30.9. The van der Waals surface area contributed by atoms with Gasteiger partial charge < -0.3 is 10.2 Å². The van der Waals surface area contributed by atoms with Crippen molar-refractivity contribution in [2.24, 2.45) is 17.8 Å². The number of hydrogen-bond acceptors (Lipinski definition) is 4. The minimum absolute atomic E-state index is 0.0497. The van der Waals surface area contributed by atoms with Gasteiger partial charge >= 0.3 is 0 Å². The Hall–Kier alpha value is -2.94. The van der Waals surface area contributed by atoms with Gasteiger partial charge in [0.1, 0.15) is 18.4 Å². The molecule has 2 atom stereocenters. The molecule has 0 aliphatic heterocycles. The number of rotatable bonds is 12. The molecule has 0 saturated heterocycles. The van der Waals surface area contributed by atoms with Crippen LogP contribution in [0.4, 0.5) is 10.1 Å². The lowest BCUT2D eigenvalue weighted by Crippen LogP contribution is -2.53. The molecule has 0 heterocycles. The summed E-state index contributed by atoms with van der Waals surface area (Å²) >= 11 is 0. The molecule has 4 aliphatic carbocycles. The summed E-state index contributed by atoms with van der Waals surface area (Å²) in [6.45, 7) is 5.29. The van der Waals surface area contributed by atoms with Crippen LogP contribution in [-0.4, -0.2) is 50.0 Å². The number of sulfonamides is 1. The number of nitrogens with zero attached hydrogens (tertiary/aromatic N) is 2. The summed E-state index contributed by atoms with van der Waals surface area (Å²) in [6, 6.07) is 12.7. The summed E-state index contributed by atoms with van der Waals surface area (Å²) in [6.07, 6.45) is 9.86. The van der Waals surface area contributed by atoms with Crippen molar-refractivity contribution in [3.05, 3.63) is 65.5 Å². The normalized spacial score (nSPS) is 25.7. The molecule has 43 heavy (non-hydrogen) atoms. The first-order valence-electron chi connectivity index (χ1n) is 15.8. The topological polar surface area (TPSA) is 86.8 Å². The van der Waals surface area contributed by atoms with Crippen LogP contribution in [0.1, 0.15) is 83.3 Å². The van der Waals surface area contributed by atoms with Crippen molar-refractivity contribution in [1.82, 2.24) is 10.2 Å². The maximum Gasteiger partial charge on any atom is 0.244 e. The molecule has 9 heteroatoms. The Morgan fingerprint density at radius 1 is 0.930 bits per heavy atom. The van der Waals surface area contributed by atoms with E-state index >= 15 is 0 Å². The highest BCUT2D eigenvalue weighted by Gasteiger charge is 2.51. The maximum absolute atomic E-state index is 14.0. The van der Waals surface area contributed by atoms with Crippen LogP contribution in [-0.2, 0) is 31.6 Å². The van der Waals surface area contributed by atoms with Gasteiger partial charge in [-0.15, -0.1) is 0 Å². The predicted molar refractivity (Wildman–Crippen MR) is 167 cm³/mol. The highest BCUT2D eigenvalue weighted by atomic mass is 32.2. The highest BCUT2D eigenvalue weighted by molar-refractivity contribution is 7.92. The fraction of sp³-hybridized carbons (Fsp3) is 0.588. The maximum atomic E-state index is 14.0. The molecule has 4 saturated carbocycles. The molecule has 4 fully saturated rings. The van der Waals surface area contributed by atoms with E-state index in [2.05, 4.69) is 17.4 Å². The van der Waals surface area contributed by atoms with Crippen molar-refractivity contribution in [3.8, 4) is 0 Å². The minimum atomic E-state index is -3.82. The molecule has 2 aromatic carbocycles. The van der Waals surface area contributed by atoms with Gasteiger partial charge in [0, 0.05) is 12.6 Å². The Balaban J connectivity index is 1.40.